The van der Waals surface area contributed by atoms with Crippen LogP contribution in [0.1, 0.15) is 39.3 Å². The van der Waals surface area contributed by atoms with Crippen molar-refractivity contribution in [1.82, 2.24) is 25.7 Å². The van der Waals surface area contributed by atoms with E-state index in [4.69, 9.17) is 4.74 Å². The molecule has 30 heavy (non-hydrogen) atoms. The quantitative estimate of drug-likeness (QED) is 0.642. The first-order chi connectivity index (χ1) is 14.3. The van der Waals surface area contributed by atoms with Crippen molar-refractivity contribution in [2.45, 2.75) is 38.3 Å². The maximum atomic E-state index is 12.8. The minimum Gasteiger partial charge on any atom is -0.378 e. The molecule has 2 aliphatic heterocycles. The number of aromatic nitrogens is 2. The molecular weight excluding hydrogens is 386 g/mol. The van der Waals surface area contributed by atoms with E-state index in [9.17, 15) is 14.4 Å². The van der Waals surface area contributed by atoms with Crippen molar-refractivity contribution in [3.8, 4) is 0 Å². The molecule has 0 saturated carbocycles. The predicted molar refractivity (Wildman–Crippen MR) is 108 cm³/mol. The second-order valence-corrected chi connectivity index (χ2v) is 7.89. The lowest BCUT2D eigenvalue weighted by Crippen LogP contribution is -2.67. The van der Waals surface area contributed by atoms with Gasteiger partial charge < -0.3 is 15.4 Å². The number of hydrogen-bond acceptors (Lipinski definition) is 5. The second-order valence-electron chi connectivity index (χ2n) is 7.89. The Morgan fingerprint density at radius 1 is 1.30 bits per heavy atom. The Hall–Kier alpha value is -3.20. The number of aryl methyl sites for hydroxylation is 2. The molecule has 4 amide bonds. The Bertz CT molecular complexity index is 1010. The number of rotatable bonds is 4. The summed E-state index contributed by atoms with van der Waals surface area (Å²) in [7, 11) is 1.93. The van der Waals surface area contributed by atoms with E-state index in [0.29, 0.717) is 18.6 Å². The molecule has 2 atom stereocenters. The van der Waals surface area contributed by atoms with Gasteiger partial charge in [0, 0.05) is 36.9 Å². The number of amides is 4. The molecule has 2 aromatic rings. The molecule has 0 bridgehead atoms. The molecule has 3 heterocycles. The topological polar surface area (TPSA) is 114 Å². The number of benzene rings is 1. The molecule has 2 aliphatic rings. The largest absolute Gasteiger partial charge is 0.378 e. The number of hydrogen-bond donors (Lipinski definition) is 3. The molecule has 0 aliphatic carbocycles. The summed E-state index contributed by atoms with van der Waals surface area (Å²) in [5.41, 5.74) is 3.61. The van der Waals surface area contributed by atoms with E-state index in [2.05, 4.69) is 21.0 Å². The second kappa shape index (κ2) is 7.56. The van der Waals surface area contributed by atoms with Crippen LogP contribution in [0.4, 0.5) is 4.79 Å². The summed E-state index contributed by atoms with van der Waals surface area (Å²) in [6.45, 7) is 4.46. The monoisotopic (exact) mass is 411 g/mol. The third-order valence-electron chi connectivity index (χ3n) is 6.01. The van der Waals surface area contributed by atoms with E-state index < -0.39 is 23.5 Å². The lowest BCUT2D eigenvalue weighted by atomic mass is 9.86. The van der Waals surface area contributed by atoms with Gasteiger partial charge in [0.05, 0.1) is 18.3 Å². The number of imide groups is 1. The van der Waals surface area contributed by atoms with Crippen LogP contribution < -0.4 is 16.0 Å². The van der Waals surface area contributed by atoms with Crippen LogP contribution in [-0.4, -0.2) is 52.4 Å². The smallest absolute Gasteiger partial charge is 0.322 e. The first kappa shape index (κ1) is 20.1. The molecular formula is C21H25N5O4. The molecule has 1 aromatic carbocycles. The van der Waals surface area contributed by atoms with Crippen molar-refractivity contribution in [3.63, 3.8) is 0 Å². The van der Waals surface area contributed by atoms with Crippen molar-refractivity contribution in [2.24, 2.45) is 7.05 Å². The van der Waals surface area contributed by atoms with Crippen molar-refractivity contribution in [2.75, 3.05) is 13.2 Å². The maximum Gasteiger partial charge on any atom is 0.322 e. The van der Waals surface area contributed by atoms with Crippen LogP contribution in [0.25, 0.3) is 0 Å². The van der Waals surface area contributed by atoms with Gasteiger partial charge in [-0.05, 0) is 38.0 Å². The first-order valence-corrected chi connectivity index (χ1v) is 9.90. The fourth-order valence-electron chi connectivity index (χ4n) is 4.12. The highest BCUT2D eigenvalue weighted by molar-refractivity contribution is 6.08. The third kappa shape index (κ3) is 3.45. The van der Waals surface area contributed by atoms with Crippen molar-refractivity contribution < 1.29 is 19.1 Å². The standard InChI is InChI=1S/C21H25N5O4/c1-12-16(13(2)26(3)25-12)10-14-4-6-15(7-5-14)18(27)22-17-8-9-30-11-21(17)19(28)23-20(29)24-21/h4-7,17H,8-11H2,1-3H3,(H,22,27)(H2,23,24,28,29)/t17-,21+/m1/s1. The molecule has 158 valence electrons. The van der Waals surface area contributed by atoms with Crippen LogP contribution in [0.2, 0.25) is 0 Å². The van der Waals surface area contributed by atoms with E-state index >= 15 is 0 Å². The van der Waals surface area contributed by atoms with Crippen LogP contribution in [0.15, 0.2) is 24.3 Å². The summed E-state index contributed by atoms with van der Waals surface area (Å²) in [6.07, 6.45) is 1.17. The molecule has 9 nitrogen and oxygen atoms in total. The zero-order valence-corrected chi connectivity index (χ0v) is 17.2. The summed E-state index contributed by atoms with van der Waals surface area (Å²) in [5.74, 6) is -0.773. The molecule has 9 heteroatoms. The summed E-state index contributed by atoms with van der Waals surface area (Å²) in [5, 5.41) is 12.2. The Morgan fingerprint density at radius 2 is 2.03 bits per heavy atom. The molecule has 1 spiro atoms. The van der Waals surface area contributed by atoms with Crippen molar-refractivity contribution >= 4 is 17.8 Å². The predicted octanol–water partition coefficient (Wildman–Crippen LogP) is 0.725. The SMILES string of the molecule is Cc1nn(C)c(C)c1Cc1ccc(C(=O)N[C@@H]2CCOC[C@]23NC(=O)NC3=O)cc1. The van der Waals surface area contributed by atoms with Crippen LogP contribution in [0.3, 0.4) is 0 Å². The van der Waals surface area contributed by atoms with Gasteiger partial charge in [0.15, 0.2) is 5.54 Å². The molecule has 0 radical (unpaired) electrons. The molecule has 1 aromatic heterocycles. The highest BCUT2D eigenvalue weighted by Gasteiger charge is 2.54. The Morgan fingerprint density at radius 3 is 2.63 bits per heavy atom. The number of nitrogens with zero attached hydrogens (tertiary/aromatic N) is 2. The van der Waals surface area contributed by atoms with E-state index in [1.54, 1.807) is 12.1 Å². The van der Waals surface area contributed by atoms with Gasteiger partial charge in [-0.3, -0.25) is 19.6 Å². The van der Waals surface area contributed by atoms with Gasteiger partial charge >= 0.3 is 6.03 Å². The van der Waals surface area contributed by atoms with Gasteiger partial charge in [0.1, 0.15) is 0 Å². The van der Waals surface area contributed by atoms with Crippen molar-refractivity contribution in [3.05, 3.63) is 52.3 Å². The van der Waals surface area contributed by atoms with Crippen LogP contribution in [-0.2, 0) is 23.0 Å². The Labute approximate surface area is 174 Å². The summed E-state index contributed by atoms with van der Waals surface area (Å²) in [4.78, 5) is 36.8. The minimum atomic E-state index is -1.26. The number of carbonyl (C=O) groups excluding carboxylic acids is 3. The lowest BCUT2D eigenvalue weighted by Gasteiger charge is -2.38. The number of nitrogens with one attached hydrogen (secondary N) is 3. The van der Waals surface area contributed by atoms with Gasteiger partial charge in [-0.15, -0.1) is 0 Å². The number of carbonyl (C=O) groups is 3. The van der Waals surface area contributed by atoms with Gasteiger partial charge in [-0.25, -0.2) is 4.79 Å². The number of ether oxygens (including phenoxy) is 1. The summed E-state index contributed by atoms with van der Waals surface area (Å²) >= 11 is 0. The highest BCUT2D eigenvalue weighted by atomic mass is 16.5. The average Bonchev–Trinajstić information content (AvgIpc) is 3.13. The highest BCUT2D eigenvalue weighted by Crippen LogP contribution is 2.24. The minimum absolute atomic E-state index is 0.0261. The maximum absolute atomic E-state index is 12.8. The Balaban J connectivity index is 1.47. The van der Waals surface area contributed by atoms with Crippen molar-refractivity contribution in [1.29, 1.82) is 0 Å². The van der Waals surface area contributed by atoms with Crippen LogP contribution in [0, 0.1) is 13.8 Å². The fourth-order valence-corrected chi connectivity index (χ4v) is 4.12. The normalized spacial score (nSPS) is 23.4. The third-order valence-corrected chi connectivity index (χ3v) is 6.01. The molecule has 2 saturated heterocycles. The lowest BCUT2D eigenvalue weighted by molar-refractivity contribution is -0.130. The van der Waals surface area contributed by atoms with E-state index in [1.807, 2.05) is 37.7 Å². The molecule has 2 fully saturated rings. The Kier molecular flexibility index (Phi) is 5.07. The first-order valence-electron chi connectivity index (χ1n) is 9.90. The number of urea groups is 1. The zero-order valence-electron chi connectivity index (χ0n) is 17.2. The fraction of sp³-hybridized carbons (Fsp3) is 0.429. The average molecular weight is 411 g/mol. The van der Waals surface area contributed by atoms with E-state index in [1.165, 1.54) is 5.56 Å². The molecule has 0 unspecified atom stereocenters. The molecule has 4 rings (SSSR count). The van der Waals surface area contributed by atoms with Crippen LogP contribution in [0.5, 0.6) is 0 Å². The summed E-state index contributed by atoms with van der Waals surface area (Å²) in [6, 6.07) is 6.26. The van der Waals surface area contributed by atoms with Crippen LogP contribution >= 0.6 is 0 Å². The van der Waals surface area contributed by atoms with E-state index in [0.717, 1.165) is 23.4 Å². The van der Waals surface area contributed by atoms with Gasteiger partial charge in [0.2, 0.25) is 0 Å². The van der Waals surface area contributed by atoms with E-state index in [-0.39, 0.29) is 12.5 Å². The van der Waals surface area contributed by atoms with Gasteiger partial charge in [0.25, 0.3) is 11.8 Å². The molecule has 3 N–H and O–H groups in total. The zero-order chi connectivity index (χ0) is 21.5. The van der Waals surface area contributed by atoms with Gasteiger partial charge in [-0.1, -0.05) is 12.1 Å². The summed E-state index contributed by atoms with van der Waals surface area (Å²) < 4.78 is 7.27. The van der Waals surface area contributed by atoms with Gasteiger partial charge in [-0.2, -0.15) is 5.10 Å².